The molecule has 0 spiro atoms. The van der Waals surface area contributed by atoms with Crippen molar-refractivity contribution < 1.29 is 17.9 Å². The third-order valence-electron chi connectivity index (χ3n) is 4.11. The van der Waals surface area contributed by atoms with E-state index in [1.807, 2.05) is 6.92 Å². The van der Waals surface area contributed by atoms with Crippen LogP contribution in [0.4, 0.5) is 0 Å². The van der Waals surface area contributed by atoms with E-state index in [4.69, 9.17) is 14.7 Å². The van der Waals surface area contributed by atoms with E-state index in [0.29, 0.717) is 38.2 Å². The summed E-state index contributed by atoms with van der Waals surface area (Å²) in [6.07, 6.45) is 3.42. The molecule has 7 nitrogen and oxygen atoms in total. The molecule has 0 aromatic heterocycles. The zero-order valence-corrected chi connectivity index (χ0v) is 15.0. The van der Waals surface area contributed by atoms with Crippen LogP contribution in [-0.2, 0) is 10.0 Å². The van der Waals surface area contributed by atoms with Crippen molar-refractivity contribution in [1.82, 2.24) is 9.21 Å². The lowest BCUT2D eigenvalue weighted by Crippen LogP contribution is -2.42. The van der Waals surface area contributed by atoms with Crippen molar-refractivity contribution in [3.63, 3.8) is 0 Å². The maximum Gasteiger partial charge on any atom is 0.247 e. The molecule has 0 amide bonds. The second-order valence-electron chi connectivity index (χ2n) is 5.62. The Bertz CT molecular complexity index is 715. The summed E-state index contributed by atoms with van der Waals surface area (Å²) < 4.78 is 38.4. The highest BCUT2D eigenvalue weighted by Crippen LogP contribution is 2.32. The van der Waals surface area contributed by atoms with Gasteiger partial charge in [-0.25, -0.2) is 8.42 Å². The third kappa shape index (κ3) is 3.57. The molecule has 2 rings (SSSR count). The van der Waals surface area contributed by atoms with Crippen molar-refractivity contribution in [3.8, 4) is 17.7 Å². The number of sulfonamides is 1. The minimum Gasteiger partial charge on any atom is -0.497 e. The molecule has 1 saturated heterocycles. The molecule has 1 heterocycles. The normalized spacial score (nSPS) is 17.8. The number of likely N-dealkylation sites (tertiary alicyclic amines) is 1. The molecule has 1 aliphatic heterocycles. The molecule has 0 unspecified atom stereocenters. The second kappa shape index (κ2) is 7.73. The molecule has 1 aromatic rings. The maximum atomic E-state index is 13.2. The number of benzene rings is 1. The Kier molecular flexibility index (Phi) is 5.91. The van der Waals surface area contributed by atoms with Crippen LogP contribution in [0.25, 0.3) is 0 Å². The van der Waals surface area contributed by atoms with Crippen LogP contribution in [0.3, 0.4) is 0 Å². The summed E-state index contributed by atoms with van der Waals surface area (Å²) in [5.74, 6) is 0.739. The predicted molar refractivity (Wildman–Crippen MR) is 89.3 cm³/mol. The quantitative estimate of drug-likeness (QED) is 0.693. The molecule has 8 heteroatoms. The molecule has 0 bridgehead atoms. The van der Waals surface area contributed by atoms with Crippen LogP contribution < -0.4 is 9.47 Å². The predicted octanol–water partition coefficient (Wildman–Crippen LogP) is 1.66. The van der Waals surface area contributed by atoms with Crippen LogP contribution in [0.15, 0.2) is 23.1 Å². The summed E-state index contributed by atoms with van der Waals surface area (Å²) in [6.45, 7) is 3.32. The summed E-state index contributed by atoms with van der Waals surface area (Å²) in [7, 11) is -0.829. The van der Waals surface area contributed by atoms with Gasteiger partial charge in [0.2, 0.25) is 10.0 Å². The van der Waals surface area contributed by atoms with Crippen LogP contribution in [0, 0.1) is 11.5 Å². The molecular formula is C16H23N3O4S. The number of nitriles is 1. The first-order chi connectivity index (χ1) is 11.5. The number of rotatable bonds is 7. The largest absolute Gasteiger partial charge is 0.497 e. The number of hydrogen-bond donors (Lipinski definition) is 0. The van der Waals surface area contributed by atoms with E-state index in [1.165, 1.54) is 24.6 Å². The van der Waals surface area contributed by atoms with Gasteiger partial charge in [-0.05, 0) is 25.0 Å². The molecule has 132 valence electrons. The van der Waals surface area contributed by atoms with Gasteiger partial charge < -0.3 is 14.4 Å². The van der Waals surface area contributed by atoms with Gasteiger partial charge in [0, 0.05) is 31.7 Å². The van der Waals surface area contributed by atoms with Crippen molar-refractivity contribution in [2.24, 2.45) is 0 Å². The van der Waals surface area contributed by atoms with Gasteiger partial charge in [-0.15, -0.1) is 0 Å². The van der Waals surface area contributed by atoms with E-state index in [1.54, 1.807) is 17.0 Å². The van der Waals surface area contributed by atoms with Gasteiger partial charge in [0.1, 0.15) is 16.4 Å². The maximum absolute atomic E-state index is 13.2. The fraction of sp³-hybridized carbons (Fsp3) is 0.562. The molecule has 0 N–H and O–H groups in total. The van der Waals surface area contributed by atoms with E-state index in [9.17, 15) is 8.42 Å². The first-order valence-electron chi connectivity index (χ1n) is 7.86. The van der Waals surface area contributed by atoms with Crippen molar-refractivity contribution in [2.75, 3.05) is 33.9 Å². The number of ether oxygens (including phenoxy) is 2. The van der Waals surface area contributed by atoms with Gasteiger partial charge >= 0.3 is 0 Å². The summed E-state index contributed by atoms with van der Waals surface area (Å²) in [4.78, 5) is 1.68. The van der Waals surface area contributed by atoms with E-state index in [0.717, 1.165) is 0 Å². The Balaban J connectivity index is 2.44. The van der Waals surface area contributed by atoms with E-state index in [-0.39, 0.29) is 16.7 Å². The van der Waals surface area contributed by atoms with Crippen LogP contribution in [-0.4, -0.2) is 57.5 Å². The Morgan fingerprint density at radius 1 is 1.38 bits per heavy atom. The fourth-order valence-electron chi connectivity index (χ4n) is 2.90. The minimum atomic E-state index is -3.76. The molecular weight excluding hydrogens is 330 g/mol. The standard InChI is InChI=1S/C16H23N3O4S/c1-4-8-19(13-7-9-18(11-13)12-17)24(20,21)16-10-14(22-2)5-6-15(16)23-3/h5-6,10,13H,4,7-9,11H2,1-3H3/t13-/m1/s1. The van der Waals surface area contributed by atoms with Gasteiger partial charge in [-0.2, -0.15) is 9.57 Å². The van der Waals surface area contributed by atoms with Gasteiger partial charge in [0.05, 0.1) is 14.2 Å². The van der Waals surface area contributed by atoms with Crippen molar-refractivity contribution in [2.45, 2.75) is 30.7 Å². The van der Waals surface area contributed by atoms with E-state index < -0.39 is 10.0 Å². The molecule has 0 aliphatic carbocycles. The van der Waals surface area contributed by atoms with Crippen molar-refractivity contribution >= 4 is 10.0 Å². The second-order valence-corrected chi connectivity index (χ2v) is 7.48. The summed E-state index contributed by atoms with van der Waals surface area (Å²) in [5, 5.41) is 9.04. The van der Waals surface area contributed by atoms with Gasteiger partial charge in [0.25, 0.3) is 0 Å². The zero-order valence-electron chi connectivity index (χ0n) is 14.2. The van der Waals surface area contributed by atoms with E-state index >= 15 is 0 Å². The SMILES string of the molecule is CCCN([C@@H]1CCN(C#N)C1)S(=O)(=O)c1cc(OC)ccc1OC. The van der Waals surface area contributed by atoms with Crippen LogP contribution in [0.5, 0.6) is 11.5 Å². The molecule has 1 aromatic carbocycles. The van der Waals surface area contributed by atoms with Crippen LogP contribution in [0.1, 0.15) is 19.8 Å². The van der Waals surface area contributed by atoms with Crippen LogP contribution in [0.2, 0.25) is 0 Å². The Morgan fingerprint density at radius 2 is 2.12 bits per heavy atom. The minimum absolute atomic E-state index is 0.0909. The summed E-state index contributed by atoms with van der Waals surface area (Å²) >= 11 is 0. The van der Waals surface area contributed by atoms with Gasteiger partial charge in [0.15, 0.2) is 6.19 Å². The zero-order chi connectivity index (χ0) is 17.7. The Morgan fingerprint density at radius 3 is 2.67 bits per heavy atom. The lowest BCUT2D eigenvalue weighted by atomic mass is 10.2. The highest BCUT2D eigenvalue weighted by Gasteiger charge is 2.36. The third-order valence-corrected chi connectivity index (χ3v) is 6.09. The first-order valence-corrected chi connectivity index (χ1v) is 9.30. The van der Waals surface area contributed by atoms with Crippen molar-refractivity contribution in [3.05, 3.63) is 18.2 Å². The fourth-order valence-corrected chi connectivity index (χ4v) is 4.81. The molecule has 1 atom stereocenters. The van der Waals surface area contributed by atoms with Gasteiger partial charge in [-0.3, -0.25) is 0 Å². The lowest BCUT2D eigenvalue weighted by Gasteiger charge is -2.28. The highest BCUT2D eigenvalue weighted by atomic mass is 32.2. The summed E-state index contributed by atoms with van der Waals surface area (Å²) in [6, 6.07) is 4.51. The first kappa shape index (κ1) is 18.4. The molecule has 24 heavy (non-hydrogen) atoms. The number of nitrogens with zero attached hydrogens (tertiary/aromatic N) is 3. The van der Waals surface area contributed by atoms with Gasteiger partial charge in [-0.1, -0.05) is 6.92 Å². The van der Waals surface area contributed by atoms with Crippen molar-refractivity contribution in [1.29, 1.82) is 5.26 Å². The molecule has 0 saturated carbocycles. The Hall–Kier alpha value is -1.98. The summed E-state index contributed by atoms with van der Waals surface area (Å²) in [5.41, 5.74) is 0. The topological polar surface area (TPSA) is 82.9 Å². The van der Waals surface area contributed by atoms with Crippen LogP contribution >= 0.6 is 0 Å². The average molecular weight is 353 g/mol. The molecule has 1 aliphatic rings. The number of hydrogen-bond acceptors (Lipinski definition) is 6. The Labute approximate surface area is 143 Å². The lowest BCUT2D eigenvalue weighted by molar-refractivity contribution is 0.317. The monoisotopic (exact) mass is 353 g/mol. The average Bonchev–Trinajstić information content (AvgIpc) is 3.07. The molecule has 0 radical (unpaired) electrons. The highest BCUT2D eigenvalue weighted by molar-refractivity contribution is 7.89. The van der Waals surface area contributed by atoms with E-state index in [2.05, 4.69) is 6.19 Å². The molecule has 1 fully saturated rings. The smallest absolute Gasteiger partial charge is 0.247 e. The number of methoxy groups -OCH3 is 2.